The first kappa shape index (κ1) is 18.6. The molecular formula is C19H23ClN2OS. The van der Waals surface area contributed by atoms with Gasteiger partial charge in [-0.1, -0.05) is 55.3 Å². The zero-order valence-corrected chi connectivity index (χ0v) is 15.6. The van der Waals surface area contributed by atoms with E-state index in [1.165, 1.54) is 5.56 Å². The smallest absolute Gasteiger partial charge is 0.170 e. The maximum Gasteiger partial charge on any atom is 0.170 e. The number of hydrogen-bond donors (Lipinski definition) is 2. The quantitative estimate of drug-likeness (QED) is 0.686. The number of methoxy groups -OCH3 is 1. The Kier molecular flexibility index (Phi) is 7.35. The molecule has 1 atom stereocenters. The van der Waals surface area contributed by atoms with Crippen molar-refractivity contribution in [3.05, 3.63) is 59.1 Å². The molecule has 2 aromatic carbocycles. The van der Waals surface area contributed by atoms with Gasteiger partial charge in [-0.3, -0.25) is 0 Å². The van der Waals surface area contributed by atoms with Crippen LogP contribution in [0.15, 0.2) is 48.5 Å². The molecule has 5 heteroatoms. The Labute approximate surface area is 154 Å². The average Bonchev–Trinajstić information content (AvgIpc) is 2.59. The van der Waals surface area contributed by atoms with E-state index in [1.807, 2.05) is 18.2 Å². The molecule has 0 aromatic heterocycles. The van der Waals surface area contributed by atoms with Gasteiger partial charge in [0.15, 0.2) is 5.11 Å². The van der Waals surface area contributed by atoms with Crippen LogP contribution < -0.4 is 15.4 Å². The minimum atomic E-state index is 0.534. The molecule has 0 aliphatic carbocycles. The van der Waals surface area contributed by atoms with Crippen molar-refractivity contribution in [2.24, 2.45) is 5.92 Å². The third-order valence-electron chi connectivity index (χ3n) is 3.91. The lowest BCUT2D eigenvalue weighted by atomic mass is 9.97. The SMILES string of the molecule is CCC(CNC(=S)Nc1ccc(OC)c(Cl)c1)Cc1ccccc1. The van der Waals surface area contributed by atoms with Crippen molar-refractivity contribution >= 4 is 34.6 Å². The molecule has 128 valence electrons. The Balaban J connectivity index is 1.84. The van der Waals surface area contributed by atoms with Crippen LogP contribution in [-0.4, -0.2) is 18.8 Å². The van der Waals surface area contributed by atoms with E-state index in [-0.39, 0.29) is 0 Å². The van der Waals surface area contributed by atoms with Crippen molar-refractivity contribution < 1.29 is 4.74 Å². The number of hydrogen-bond acceptors (Lipinski definition) is 2. The van der Waals surface area contributed by atoms with E-state index in [0.717, 1.165) is 25.1 Å². The third-order valence-corrected chi connectivity index (χ3v) is 4.45. The van der Waals surface area contributed by atoms with Gasteiger partial charge in [-0.25, -0.2) is 0 Å². The Morgan fingerprint density at radius 3 is 2.58 bits per heavy atom. The van der Waals surface area contributed by atoms with Crippen molar-refractivity contribution in [1.29, 1.82) is 0 Å². The van der Waals surface area contributed by atoms with Gasteiger partial charge in [0.1, 0.15) is 5.75 Å². The molecule has 0 amide bonds. The summed E-state index contributed by atoms with van der Waals surface area (Å²) >= 11 is 11.5. The topological polar surface area (TPSA) is 33.3 Å². The summed E-state index contributed by atoms with van der Waals surface area (Å²) in [5.41, 5.74) is 2.20. The maximum absolute atomic E-state index is 6.12. The summed E-state index contributed by atoms with van der Waals surface area (Å²) in [4.78, 5) is 0. The summed E-state index contributed by atoms with van der Waals surface area (Å²) in [6.07, 6.45) is 2.14. The molecular weight excluding hydrogens is 340 g/mol. The standard InChI is InChI=1S/C19H23ClN2OS/c1-3-14(11-15-7-5-4-6-8-15)13-21-19(24)22-16-9-10-18(23-2)17(20)12-16/h4-10,12,14H,3,11,13H2,1-2H3,(H2,21,22,24). The lowest BCUT2D eigenvalue weighted by molar-refractivity contribution is 0.415. The summed E-state index contributed by atoms with van der Waals surface area (Å²) < 4.78 is 5.15. The normalized spacial score (nSPS) is 11.6. The first-order valence-corrected chi connectivity index (χ1v) is 8.83. The van der Waals surface area contributed by atoms with Crippen LogP contribution in [0.4, 0.5) is 5.69 Å². The number of thiocarbonyl (C=S) groups is 1. The summed E-state index contributed by atoms with van der Waals surface area (Å²) in [6.45, 7) is 3.04. The number of rotatable bonds is 7. The van der Waals surface area contributed by atoms with Gasteiger partial charge in [0.2, 0.25) is 0 Å². The van der Waals surface area contributed by atoms with Crippen molar-refractivity contribution in [3.8, 4) is 5.75 Å². The molecule has 0 aliphatic heterocycles. The van der Waals surface area contributed by atoms with Gasteiger partial charge in [0.05, 0.1) is 12.1 Å². The minimum Gasteiger partial charge on any atom is -0.495 e. The molecule has 3 nitrogen and oxygen atoms in total. The number of nitrogens with one attached hydrogen (secondary N) is 2. The average molecular weight is 363 g/mol. The van der Waals surface area contributed by atoms with Crippen LogP contribution in [-0.2, 0) is 6.42 Å². The second kappa shape index (κ2) is 9.50. The highest BCUT2D eigenvalue weighted by Crippen LogP contribution is 2.27. The van der Waals surface area contributed by atoms with E-state index in [4.69, 9.17) is 28.6 Å². The number of anilines is 1. The third kappa shape index (κ3) is 5.69. The van der Waals surface area contributed by atoms with Gasteiger partial charge < -0.3 is 15.4 Å². The second-order valence-corrected chi connectivity index (χ2v) is 6.46. The first-order valence-electron chi connectivity index (χ1n) is 8.04. The first-order chi connectivity index (χ1) is 11.6. The minimum absolute atomic E-state index is 0.534. The Morgan fingerprint density at radius 1 is 1.21 bits per heavy atom. The van der Waals surface area contributed by atoms with Crippen LogP contribution in [0.5, 0.6) is 5.75 Å². The van der Waals surface area contributed by atoms with Crippen LogP contribution in [0.3, 0.4) is 0 Å². The highest BCUT2D eigenvalue weighted by Gasteiger charge is 2.09. The van der Waals surface area contributed by atoms with Crippen molar-refractivity contribution in [2.75, 3.05) is 19.0 Å². The molecule has 0 fully saturated rings. The van der Waals surface area contributed by atoms with Crippen molar-refractivity contribution in [1.82, 2.24) is 5.32 Å². The van der Waals surface area contributed by atoms with Gasteiger partial charge in [0, 0.05) is 12.2 Å². The van der Waals surface area contributed by atoms with E-state index >= 15 is 0 Å². The van der Waals surface area contributed by atoms with E-state index in [2.05, 4.69) is 41.8 Å². The van der Waals surface area contributed by atoms with Gasteiger partial charge in [-0.05, 0) is 48.3 Å². The maximum atomic E-state index is 6.12. The van der Waals surface area contributed by atoms with Crippen molar-refractivity contribution in [2.45, 2.75) is 19.8 Å². The van der Waals surface area contributed by atoms with Gasteiger partial charge in [-0.15, -0.1) is 0 Å². The van der Waals surface area contributed by atoms with Gasteiger partial charge >= 0.3 is 0 Å². The predicted octanol–water partition coefficient (Wildman–Crippen LogP) is 4.90. The zero-order valence-electron chi connectivity index (χ0n) is 14.0. The van der Waals surface area contributed by atoms with Crippen LogP contribution in [0.1, 0.15) is 18.9 Å². The molecule has 0 heterocycles. The van der Waals surface area contributed by atoms with Crippen LogP contribution in [0.25, 0.3) is 0 Å². The van der Waals surface area contributed by atoms with Gasteiger partial charge in [-0.2, -0.15) is 0 Å². The molecule has 0 radical (unpaired) electrons. The fourth-order valence-electron chi connectivity index (χ4n) is 2.46. The van der Waals surface area contributed by atoms with Crippen molar-refractivity contribution in [3.63, 3.8) is 0 Å². The molecule has 0 spiro atoms. The summed E-state index contributed by atoms with van der Waals surface area (Å²) in [7, 11) is 1.60. The van der Waals surface area contributed by atoms with E-state index in [1.54, 1.807) is 13.2 Å². The predicted molar refractivity (Wildman–Crippen MR) is 106 cm³/mol. The molecule has 0 aliphatic rings. The van der Waals surface area contributed by atoms with Crippen LogP contribution >= 0.6 is 23.8 Å². The molecule has 2 rings (SSSR count). The monoisotopic (exact) mass is 362 g/mol. The highest BCUT2D eigenvalue weighted by atomic mass is 35.5. The lowest BCUT2D eigenvalue weighted by Crippen LogP contribution is -2.33. The molecule has 1 unspecified atom stereocenters. The number of ether oxygens (including phenoxy) is 1. The fraction of sp³-hybridized carbons (Fsp3) is 0.316. The second-order valence-electron chi connectivity index (χ2n) is 5.65. The molecule has 2 aromatic rings. The number of benzene rings is 2. The molecule has 0 saturated carbocycles. The van der Waals surface area contributed by atoms with Crippen LogP contribution in [0.2, 0.25) is 5.02 Å². The fourth-order valence-corrected chi connectivity index (χ4v) is 2.92. The lowest BCUT2D eigenvalue weighted by Gasteiger charge is -2.18. The summed E-state index contributed by atoms with van der Waals surface area (Å²) in [6, 6.07) is 16.0. The Bertz CT molecular complexity index is 664. The Hall–Kier alpha value is -1.78. The molecule has 2 N–H and O–H groups in total. The Morgan fingerprint density at radius 2 is 1.96 bits per heavy atom. The summed E-state index contributed by atoms with van der Waals surface area (Å²) in [5, 5.41) is 7.61. The summed E-state index contributed by atoms with van der Waals surface area (Å²) in [5.74, 6) is 1.18. The van der Waals surface area contributed by atoms with E-state index in [9.17, 15) is 0 Å². The largest absolute Gasteiger partial charge is 0.495 e. The zero-order chi connectivity index (χ0) is 17.4. The van der Waals surface area contributed by atoms with E-state index in [0.29, 0.717) is 21.8 Å². The van der Waals surface area contributed by atoms with Gasteiger partial charge in [0.25, 0.3) is 0 Å². The molecule has 0 bridgehead atoms. The number of halogens is 1. The van der Waals surface area contributed by atoms with Crippen LogP contribution in [0, 0.1) is 5.92 Å². The van der Waals surface area contributed by atoms with E-state index < -0.39 is 0 Å². The molecule has 0 saturated heterocycles. The highest BCUT2D eigenvalue weighted by molar-refractivity contribution is 7.80. The molecule has 24 heavy (non-hydrogen) atoms.